The van der Waals surface area contributed by atoms with Gasteiger partial charge in [-0.1, -0.05) is 36.4 Å². The van der Waals surface area contributed by atoms with Gasteiger partial charge in [-0.15, -0.1) is 0 Å². The van der Waals surface area contributed by atoms with Crippen LogP contribution in [0.4, 0.5) is 0 Å². The van der Waals surface area contributed by atoms with Gasteiger partial charge in [-0.25, -0.2) is 0 Å². The van der Waals surface area contributed by atoms with Crippen molar-refractivity contribution in [2.75, 3.05) is 7.11 Å². The van der Waals surface area contributed by atoms with Crippen molar-refractivity contribution in [3.8, 4) is 5.75 Å². The zero-order valence-corrected chi connectivity index (χ0v) is 13.6. The molecule has 2 rings (SSSR count). The van der Waals surface area contributed by atoms with Gasteiger partial charge in [0.05, 0.1) is 0 Å². The molecule has 22 heavy (non-hydrogen) atoms. The largest absolute Gasteiger partial charge is 0.489 e. The summed E-state index contributed by atoms with van der Waals surface area (Å²) < 4.78 is 11.3. The first kappa shape index (κ1) is 16.2. The average Bonchev–Trinajstić information content (AvgIpc) is 2.50. The van der Waals surface area contributed by atoms with Crippen LogP contribution in [0.15, 0.2) is 42.5 Å². The van der Waals surface area contributed by atoms with Crippen LogP contribution in [0.2, 0.25) is 0 Å². The molecule has 0 heterocycles. The molecule has 3 nitrogen and oxygen atoms in total. The van der Waals surface area contributed by atoms with Crippen molar-refractivity contribution < 1.29 is 14.3 Å². The molecule has 0 aliphatic heterocycles. The molecule has 0 N–H and O–H groups in total. The van der Waals surface area contributed by atoms with E-state index in [1.165, 1.54) is 6.92 Å². The van der Waals surface area contributed by atoms with E-state index in [4.69, 9.17) is 9.47 Å². The average molecular weight is 298 g/mol. The summed E-state index contributed by atoms with van der Waals surface area (Å²) >= 11 is 0. The van der Waals surface area contributed by atoms with Crippen molar-refractivity contribution >= 4 is 5.78 Å². The van der Waals surface area contributed by atoms with E-state index in [-0.39, 0.29) is 5.78 Å². The summed E-state index contributed by atoms with van der Waals surface area (Å²) in [5.74, 6) is 0.855. The minimum Gasteiger partial charge on any atom is -0.489 e. The predicted octanol–water partition coefficient (Wildman–Crippen LogP) is 4.16. The topological polar surface area (TPSA) is 35.5 Å². The highest BCUT2D eigenvalue weighted by Crippen LogP contribution is 2.25. The number of benzene rings is 2. The van der Waals surface area contributed by atoms with Gasteiger partial charge in [-0.3, -0.25) is 4.79 Å². The molecule has 1 atom stereocenters. The van der Waals surface area contributed by atoms with Gasteiger partial charge in [0.1, 0.15) is 18.5 Å². The highest BCUT2D eigenvalue weighted by Gasteiger charge is 2.19. The van der Waals surface area contributed by atoms with E-state index in [9.17, 15) is 4.79 Å². The van der Waals surface area contributed by atoms with Crippen LogP contribution in [0.5, 0.6) is 5.75 Å². The van der Waals surface area contributed by atoms with Crippen LogP contribution in [0.1, 0.15) is 35.3 Å². The van der Waals surface area contributed by atoms with Crippen molar-refractivity contribution in [1.29, 1.82) is 0 Å². The summed E-state index contributed by atoms with van der Waals surface area (Å²) in [5.41, 5.74) is 4.08. The van der Waals surface area contributed by atoms with Crippen LogP contribution < -0.4 is 4.74 Å². The standard InChI is InChI=1S/C19H22O3/c1-13-9-10-14(2)18(11-13)22-12-16-7-5-6-8-17(16)19(21-4)15(3)20/h5-11,19H,12H2,1-4H3. The Morgan fingerprint density at radius 1 is 1.14 bits per heavy atom. The molecule has 2 aromatic rings. The lowest BCUT2D eigenvalue weighted by atomic mass is 10.0. The number of carbonyl (C=O) groups is 1. The molecule has 2 aromatic carbocycles. The van der Waals surface area contributed by atoms with Gasteiger partial charge in [-0.2, -0.15) is 0 Å². The third-order valence-corrected chi connectivity index (χ3v) is 3.67. The molecular formula is C19H22O3. The van der Waals surface area contributed by atoms with Crippen LogP contribution in [-0.2, 0) is 16.1 Å². The Labute approximate surface area is 131 Å². The first-order valence-electron chi connectivity index (χ1n) is 7.34. The van der Waals surface area contributed by atoms with Crippen molar-refractivity contribution in [3.63, 3.8) is 0 Å². The number of methoxy groups -OCH3 is 1. The fraction of sp³-hybridized carbons (Fsp3) is 0.316. The summed E-state index contributed by atoms with van der Waals surface area (Å²) in [5, 5.41) is 0. The molecule has 0 saturated heterocycles. The van der Waals surface area contributed by atoms with Gasteiger partial charge in [0, 0.05) is 7.11 Å². The fourth-order valence-corrected chi connectivity index (χ4v) is 2.45. The van der Waals surface area contributed by atoms with E-state index in [0.717, 1.165) is 28.0 Å². The van der Waals surface area contributed by atoms with Gasteiger partial charge in [-0.05, 0) is 49.1 Å². The van der Waals surface area contributed by atoms with E-state index in [0.29, 0.717) is 6.61 Å². The number of aryl methyl sites for hydroxylation is 2. The lowest BCUT2D eigenvalue weighted by Gasteiger charge is -2.17. The van der Waals surface area contributed by atoms with Gasteiger partial charge in [0.15, 0.2) is 5.78 Å². The van der Waals surface area contributed by atoms with Crippen molar-refractivity contribution in [1.82, 2.24) is 0 Å². The van der Waals surface area contributed by atoms with Crippen LogP contribution in [0.3, 0.4) is 0 Å². The molecule has 0 aliphatic rings. The predicted molar refractivity (Wildman–Crippen MR) is 87.1 cm³/mol. The molecule has 0 bridgehead atoms. The van der Waals surface area contributed by atoms with E-state index >= 15 is 0 Å². The van der Waals surface area contributed by atoms with Crippen LogP contribution in [0, 0.1) is 13.8 Å². The highest BCUT2D eigenvalue weighted by molar-refractivity contribution is 5.82. The normalized spacial score (nSPS) is 12.0. The Bertz CT molecular complexity index is 661. The lowest BCUT2D eigenvalue weighted by molar-refractivity contribution is -0.126. The number of Topliss-reactive ketones (excluding diaryl/α,β-unsaturated/α-hetero) is 1. The first-order valence-corrected chi connectivity index (χ1v) is 7.34. The number of hydrogen-bond acceptors (Lipinski definition) is 3. The second kappa shape index (κ2) is 7.23. The Balaban J connectivity index is 2.23. The molecule has 0 radical (unpaired) electrons. The maximum absolute atomic E-state index is 11.7. The Morgan fingerprint density at radius 2 is 1.86 bits per heavy atom. The van der Waals surface area contributed by atoms with Crippen LogP contribution >= 0.6 is 0 Å². The molecule has 0 fully saturated rings. The third kappa shape index (κ3) is 3.74. The van der Waals surface area contributed by atoms with Gasteiger partial charge in [0.2, 0.25) is 0 Å². The molecule has 0 saturated carbocycles. The quantitative estimate of drug-likeness (QED) is 0.803. The maximum atomic E-state index is 11.7. The lowest BCUT2D eigenvalue weighted by Crippen LogP contribution is -2.14. The SMILES string of the molecule is COC(C(C)=O)c1ccccc1COc1cc(C)ccc1C. The minimum atomic E-state index is -0.543. The Hall–Kier alpha value is -2.13. The van der Waals surface area contributed by atoms with Crippen LogP contribution in [-0.4, -0.2) is 12.9 Å². The number of carbonyl (C=O) groups excluding carboxylic acids is 1. The number of ketones is 1. The van der Waals surface area contributed by atoms with Gasteiger partial charge >= 0.3 is 0 Å². The first-order chi connectivity index (χ1) is 10.5. The van der Waals surface area contributed by atoms with Crippen molar-refractivity contribution in [2.45, 2.75) is 33.5 Å². The van der Waals surface area contributed by atoms with E-state index in [1.807, 2.05) is 50.2 Å². The van der Waals surface area contributed by atoms with Crippen molar-refractivity contribution in [3.05, 3.63) is 64.7 Å². The smallest absolute Gasteiger partial charge is 0.163 e. The molecule has 3 heteroatoms. The summed E-state index contributed by atoms with van der Waals surface area (Å²) in [6, 6.07) is 13.9. The van der Waals surface area contributed by atoms with Gasteiger partial charge in [0.25, 0.3) is 0 Å². The fourth-order valence-electron chi connectivity index (χ4n) is 2.45. The minimum absolute atomic E-state index is 0.0123. The Kier molecular flexibility index (Phi) is 5.34. The zero-order valence-electron chi connectivity index (χ0n) is 13.6. The molecular weight excluding hydrogens is 276 g/mol. The maximum Gasteiger partial charge on any atom is 0.163 e. The second-order valence-corrected chi connectivity index (χ2v) is 5.48. The van der Waals surface area contributed by atoms with E-state index in [1.54, 1.807) is 7.11 Å². The molecule has 0 spiro atoms. The second-order valence-electron chi connectivity index (χ2n) is 5.48. The molecule has 0 aliphatic carbocycles. The Morgan fingerprint density at radius 3 is 2.55 bits per heavy atom. The summed E-state index contributed by atoms with van der Waals surface area (Å²) in [6.45, 7) is 6.01. The molecule has 0 amide bonds. The van der Waals surface area contributed by atoms with Crippen LogP contribution in [0.25, 0.3) is 0 Å². The van der Waals surface area contributed by atoms with Gasteiger partial charge < -0.3 is 9.47 Å². The zero-order chi connectivity index (χ0) is 16.1. The molecule has 0 aromatic heterocycles. The highest BCUT2D eigenvalue weighted by atomic mass is 16.5. The molecule has 1 unspecified atom stereocenters. The summed E-state index contributed by atoms with van der Waals surface area (Å²) in [4.78, 5) is 11.7. The van der Waals surface area contributed by atoms with Crippen molar-refractivity contribution in [2.24, 2.45) is 0 Å². The van der Waals surface area contributed by atoms with E-state index in [2.05, 4.69) is 6.07 Å². The summed E-state index contributed by atoms with van der Waals surface area (Å²) in [6.07, 6.45) is -0.543. The number of hydrogen-bond donors (Lipinski definition) is 0. The third-order valence-electron chi connectivity index (χ3n) is 3.67. The number of ether oxygens (including phenoxy) is 2. The molecule has 116 valence electrons. The summed E-state index contributed by atoms with van der Waals surface area (Å²) in [7, 11) is 1.55. The number of rotatable bonds is 6. The van der Waals surface area contributed by atoms with E-state index < -0.39 is 6.10 Å². The monoisotopic (exact) mass is 298 g/mol.